The molecule has 19 heavy (non-hydrogen) atoms. The molecule has 1 atom stereocenters. The lowest BCUT2D eigenvalue weighted by molar-refractivity contribution is -0.945. The van der Waals surface area contributed by atoms with Crippen molar-refractivity contribution in [1.29, 1.82) is 0 Å². The van der Waals surface area contributed by atoms with Gasteiger partial charge in [-0.3, -0.25) is 4.48 Å². The highest BCUT2D eigenvalue weighted by molar-refractivity contribution is 4.84. The maximum absolute atomic E-state index is 3.90. The van der Waals surface area contributed by atoms with E-state index in [0.717, 1.165) is 37.2 Å². The maximum Gasteiger partial charge on any atom is 0.143 e. The molecule has 0 aliphatic heterocycles. The summed E-state index contributed by atoms with van der Waals surface area (Å²) in [4.78, 5) is 2.36. The highest BCUT2D eigenvalue weighted by atomic mass is 15.5. The molecule has 0 spiro atoms. The quantitative estimate of drug-likeness (QED) is 0.296. The van der Waals surface area contributed by atoms with Crippen molar-refractivity contribution in [3.8, 4) is 0 Å². The van der Waals surface area contributed by atoms with Crippen LogP contribution in [-0.2, 0) is 0 Å². The van der Waals surface area contributed by atoms with Crippen molar-refractivity contribution in [2.75, 3.05) is 32.7 Å². The average Bonchev–Trinajstić information content (AvgIpc) is 2.38. The minimum Gasteiger partial charge on any atom is -0.299 e. The number of nitrogens with zero attached hydrogens (tertiary/aromatic N) is 2. The van der Waals surface area contributed by atoms with Gasteiger partial charge in [-0.15, -0.1) is 13.2 Å². The lowest BCUT2D eigenvalue weighted by Crippen LogP contribution is -2.61. The Balaban J connectivity index is 5.30. The molecule has 1 unspecified atom stereocenters. The molecule has 0 fully saturated rings. The van der Waals surface area contributed by atoms with Gasteiger partial charge in [-0.1, -0.05) is 31.9 Å². The fourth-order valence-electron chi connectivity index (χ4n) is 2.51. The number of quaternary nitrogens is 1. The Morgan fingerprint density at radius 2 is 1.16 bits per heavy atom. The fraction of sp³-hybridized carbons (Fsp3) is 0.412. The van der Waals surface area contributed by atoms with Crippen LogP contribution < -0.4 is 0 Å². The summed E-state index contributed by atoms with van der Waals surface area (Å²) < 4.78 is 0.859. The van der Waals surface area contributed by atoms with Crippen LogP contribution in [0.1, 0.15) is 6.92 Å². The first-order valence-electron chi connectivity index (χ1n) is 6.76. The van der Waals surface area contributed by atoms with Gasteiger partial charge in [0.05, 0.1) is 19.6 Å². The van der Waals surface area contributed by atoms with Crippen LogP contribution in [0.3, 0.4) is 0 Å². The van der Waals surface area contributed by atoms with Crippen LogP contribution in [0.5, 0.6) is 0 Å². The summed E-state index contributed by atoms with van der Waals surface area (Å²) in [6.07, 6.45) is 10.1. The van der Waals surface area contributed by atoms with Crippen molar-refractivity contribution in [2.45, 2.75) is 13.1 Å². The molecule has 0 aliphatic carbocycles. The summed E-state index contributed by atoms with van der Waals surface area (Å²) in [6.45, 7) is 26.0. The highest BCUT2D eigenvalue weighted by Crippen LogP contribution is 2.18. The number of rotatable bonds is 12. The molecule has 0 saturated carbocycles. The van der Waals surface area contributed by atoms with Gasteiger partial charge in [-0.2, -0.15) is 0 Å². The molecule has 0 aromatic carbocycles. The predicted molar refractivity (Wildman–Crippen MR) is 86.9 cm³/mol. The van der Waals surface area contributed by atoms with Gasteiger partial charge in [0.25, 0.3) is 0 Å². The van der Waals surface area contributed by atoms with Crippen molar-refractivity contribution in [3.63, 3.8) is 0 Å². The van der Waals surface area contributed by atoms with Crippen molar-refractivity contribution < 1.29 is 4.48 Å². The standard InChI is InChI=1S/C17H29N2/c1-7-12-18(13-8-2)17(6)19(14-9-3,15-10-4)16-11-5/h7-11,17H,1-5,12-16H2,6H3/q+1. The van der Waals surface area contributed by atoms with E-state index in [-0.39, 0.29) is 0 Å². The molecule has 0 aromatic heterocycles. The first-order valence-corrected chi connectivity index (χ1v) is 6.76. The third-order valence-electron chi connectivity index (χ3n) is 3.53. The smallest absolute Gasteiger partial charge is 0.143 e. The normalized spacial score (nSPS) is 12.7. The summed E-state index contributed by atoms with van der Waals surface area (Å²) in [7, 11) is 0. The molecule has 0 heterocycles. The van der Waals surface area contributed by atoms with E-state index in [1.54, 1.807) is 0 Å². The van der Waals surface area contributed by atoms with Crippen LogP contribution in [-0.4, -0.2) is 48.3 Å². The third-order valence-corrected chi connectivity index (χ3v) is 3.53. The second kappa shape index (κ2) is 9.54. The lowest BCUT2D eigenvalue weighted by atomic mass is 10.2. The van der Waals surface area contributed by atoms with Crippen LogP contribution >= 0.6 is 0 Å². The first kappa shape index (κ1) is 17.6. The predicted octanol–water partition coefficient (Wildman–Crippen LogP) is 3.38. The zero-order valence-electron chi connectivity index (χ0n) is 12.4. The Morgan fingerprint density at radius 3 is 1.42 bits per heavy atom. The highest BCUT2D eigenvalue weighted by Gasteiger charge is 2.33. The summed E-state index contributed by atoms with van der Waals surface area (Å²) in [5, 5.41) is 0. The topological polar surface area (TPSA) is 3.24 Å². The van der Waals surface area contributed by atoms with E-state index >= 15 is 0 Å². The molecule has 106 valence electrons. The first-order chi connectivity index (χ1) is 9.11. The molecule has 0 saturated heterocycles. The van der Waals surface area contributed by atoms with Crippen LogP contribution in [0.4, 0.5) is 0 Å². The molecule has 0 amide bonds. The van der Waals surface area contributed by atoms with Gasteiger partial charge in [0.15, 0.2) is 0 Å². The zero-order chi connectivity index (χ0) is 14.7. The molecular weight excluding hydrogens is 232 g/mol. The molecule has 0 bridgehead atoms. The van der Waals surface area contributed by atoms with Crippen LogP contribution in [0.2, 0.25) is 0 Å². The Hall–Kier alpha value is -1.38. The van der Waals surface area contributed by atoms with Crippen LogP contribution in [0, 0.1) is 0 Å². The molecule has 0 N–H and O–H groups in total. The van der Waals surface area contributed by atoms with E-state index < -0.39 is 0 Å². The minimum absolute atomic E-state index is 0.324. The van der Waals surface area contributed by atoms with Crippen LogP contribution in [0.25, 0.3) is 0 Å². The van der Waals surface area contributed by atoms with Gasteiger partial charge < -0.3 is 0 Å². The van der Waals surface area contributed by atoms with Gasteiger partial charge in [-0.25, -0.2) is 4.90 Å². The van der Waals surface area contributed by atoms with E-state index in [4.69, 9.17) is 0 Å². The molecule has 2 heteroatoms. The van der Waals surface area contributed by atoms with E-state index in [9.17, 15) is 0 Å². The Morgan fingerprint density at radius 1 is 0.789 bits per heavy atom. The average molecular weight is 261 g/mol. The Bertz CT molecular complexity index is 281. The Labute approximate surface area is 119 Å². The van der Waals surface area contributed by atoms with Gasteiger partial charge in [0, 0.05) is 20.0 Å². The monoisotopic (exact) mass is 261 g/mol. The van der Waals surface area contributed by atoms with Crippen molar-refractivity contribution >= 4 is 0 Å². The van der Waals surface area contributed by atoms with E-state index in [1.807, 2.05) is 30.4 Å². The van der Waals surface area contributed by atoms with E-state index in [1.165, 1.54) is 0 Å². The zero-order valence-corrected chi connectivity index (χ0v) is 12.4. The van der Waals surface area contributed by atoms with Gasteiger partial charge >= 0.3 is 0 Å². The molecule has 2 nitrogen and oxygen atoms in total. The summed E-state index contributed by atoms with van der Waals surface area (Å²) in [6, 6.07) is 0. The fourth-order valence-corrected chi connectivity index (χ4v) is 2.51. The van der Waals surface area contributed by atoms with Gasteiger partial charge in [0.2, 0.25) is 0 Å². The summed E-state index contributed by atoms with van der Waals surface area (Å²) in [5.41, 5.74) is 0. The molecule has 0 aromatic rings. The second-order valence-corrected chi connectivity index (χ2v) is 4.80. The van der Waals surface area contributed by atoms with Crippen LogP contribution in [0.15, 0.2) is 63.3 Å². The van der Waals surface area contributed by atoms with Gasteiger partial charge in [-0.05, 0) is 18.2 Å². The maximum atomic E-state index is 3.90. The summed E-state index contributed by atoms with van der Waals surface area (Å²) >= 11 is 0. The molecule has 0 aliphatic rings. The van der Waals surface area contributed by atoms with E-state index in [0.29, 0.717) is 6.17 Å². The van der Waals surface area contributed by atoms with E-state index in [2.05, 4.69) is 44.7 Å². The number of hydrogen-bond acceptors (Lipinski definition) is 1. The Kier molecular flexibility index (Phi) is 8.84. The SMILES string of the molecule is C=CCN(CC=C)C(C)[N+](CC=C)(CC=C)CC=C. The minimum atomic E-state index is 0.324. The largest absolute Gasteiger partial charge is 0.299 e. The molecular formula is C17H29N2+. The number of hydrogen-bond donors (Lipinski definition) is 0. The third kappa shape index (κ3) is 5.01. The second-order valence-electron chi connectivity index (χ2n) is 4.80. The molecule has 0 radical (unpaired) electrons. The van der Waals surface area contributed by atoms with Crippen molar-refractivity contribution in [3.05, 3.63) is 63.3 Å². The summed E-state index contributed by atoms with van der Waals surface area (Å²) in [5.74, 6) is 0. The van der Waals surface area contributed by atoms with Gasteiger partial charge in [0.1, 0.15) is 6.17 Å². The lowest BCUT2D eigenvalue weighted by Gasteiger charge is -2.45. The van der Waals surface area contributed by atoms with Crippen molar-refractivity contribution in [1.82, 2.24) is 4.90 Å². The molecule has 0 rings (SSSR count). The van der Waals surface area contributed by atoms with Crippen molar-refractivity contribution in [2.24, 2.45) is 0 Å².